The zero-order chi connectivity index (χ0) is 74.9. The molecule has 0 saturated heterocycles. The Labute approximate surface area is 626 Å². The van der Waals surface area contributed by atoms with Crippen molar-refractivity contribution in [3.63, 3.8) is 0 Å². The van der Waals surface area contributed by atoms with E-state index in [0.29, 0.717) is 31.6 Å². The molecule has 0 fully saturated rings. The second kappa shape index (κ2) is 74.5. The number of rotatable bonds is 82. The van der Waals surface area contributed by atoms with Crippen LogP contribution in [0.1, 0.15) is 440 Å². The Morgan fingerprint density at radius 1 is 0.265 bits per heavy atom. The number of aliphatic hydroxyl groups excluding tert-OH is 1. The van der Waals surface area contributed by atoms with Gasteiger partial charge in [0.1, 0.15) is 19.3 Å². The quantitative estimate of drug-likeness (QED) is 0.0222. The standard InChI is InChI=1S/C83H162O17P2/c1-7-9-11-13-15-17-19-21-23-25-26-27-29-31-33-38-42-48-55-61-67-82(87)99-78(71-93-80(85)65-59-53-47-41-37-32-30-28-24-22-20-18-16-14-12-10-8-2)73-97-101(89,90)95-69-77(84)70-96-102(91,92)98-74-79(72-94-81(86)66-60-54-50-44-46-52-58-64-76(5)6)100-83(88)68-62-56-49-43-39-35-34-36-40-45-51-57-63-75(3)4/h75-79,84H,7-74H2,1-6H3,(H,89,90)(H,91,92)/t77-,78-,79-/m1/s1. The van der Waals surface area contributed by atoms with Gasteiger partial charge in [-0.15, -0.1) is 0 Å². The van der Waals surface area contributed by atoms with Crippen LogP contribution in [0.4, 0.5) is 0 Å². The highest BCUT2D eigenvalue weighted by atomic mass is 31.2. The number of phosphoric ester groups is 2. The Hall–Kier alpha value is -1.94. The summed E-state index contributed by atoms with van der Waals surface area (Å²) in [5, 5.41) is 10.7. The second-order valence-corrected chi connectivity index (χ2v) is 33.7. The van der Waals surface area contributed by atoms with Crippen molar-refractivity contribution in [1.82, 2.24) is 0 Å². The molecule has 0 radical (unpaired) electrons. The molecule has 0 saturated carbocycles. The van der Waals surface area contributed by atoms with Crippen LogP contribution in [0.15, 0.2) is 0 Å². The van der Waals surface area contributed by atoms with Crippen LogP contribution in [0.3, 0.4) is 0 Å². The first-order valence-corrected chi connectivity index (χ1v) is 46.0. The van der Waals surface area contributed by atoms with Crippen LogP contribution in [-0.2, 0) is 65.4 Å². The van der Waals surface area contributed by atoms with Crippen LogP contribution in [0.5, 0.6) is 0 Å². The van der Waals surface area contributed by atoms with E-state index in [1.807, 2.05) is 0 Å². The number of aliphatic hydroxyl groups is 1. The van der Waals surface area contributed by atoms with Gasteiger partial charge in [-0.05, 0) is 37.5 Å². The van der Waals surface area contributed by atoms with Gasteiger partial charge in [-0.3, -0.25) is 37.3 Å². The highest BCUT2D eigenvalue weighted by molar-refractivity contribution is 7.47. The van der Waals surface area contributed by atoms with Crippen LogP contribution in [-0.4, -0.2) is 96.7 Å². The molecule has 0 heterocycles. The minimum absolute atomic E-state index is 0.106. The molecule has 0 aliphatic rings. The van der Waals surface area contributed by atoms with E-state index in [1.54, 1.807) is 0 Å². The number of carbonyl (C=O) groups excluding carboxylic acids is 4. The second-order valence-electron chi connectivity index (χ2n) is 30.8. The molecule has 3 N–H and O–H groups in total. The first-order chi connectivity index (χ1) is 49.4. The maximum absolute atomic E-state index is 13.1. The normalized spacial score (nSPS) is 13.9. The minimum Gasteiger partial charge on any atom is -0.462 e. The summed E-state index contributed by atoms with van der Waals surface area (Å²) in [7, 11) is -9.92. The molecule has 19 heteroatoms. The number of phosphoric acid groups is 2. The number of unbranched alkanes of at least 4 members (excludes halogenated alkanes) is 52. The van der Waals surface area contributed by atoms with Crippen LogP contribution >= 0.6 is 15.6 Å². The number of esters is 4. The Balaban J connectivity index is 5.23. The fraction of sp³-hybridized carbons (Fsp3) is 0.952. The highest BCUT2D eigenvalue weighted by Gasteiger charge is 2.30. The van der Waals surface area contributed by atoms with E-state index in [9.17, 15) is 43.2 Å². The van der Waals surface area contributed by atoms with E-state index < -0.39 is 97.5 Å². The van der Waals surface area contributed by atoms with Crippen LogP contribution in [0.25, 0.3) is 0 Å². The fourth-order valence-electron chi connectivity index (χ4n) is 12.9. The molecule has 2 unspecified atom stereocenters. The van der Waals surface area contributed by atoms with Gasteiger partial charge in [-0.1, -0.05) is 388 Å². The van der Waals surface area contributed by atoms with Crippen molar-refractivity contribution in [2.75, 3.05) is 39.6 Å². The summed E-state index contributed by atoms with van der Waals surface area (Å²) in [5.74, 6) is -0.625. The summed E-state index contributed by atoms with van der Waals surface area (Å²) in [5.41, 5.74) is 0. The van der Waals surface area contributed by atoms with Crippen molar-refractivity contribution in [2.24, 2.45) is 11.8 Å². The average Bonchev–Trinajstić information content (AvgIpc) is 0.909. The molecule has 0 aromatic heterocycles. The van der Waals surface area contributed by atoms with Crippen molar-refractivity contribution in [2.45, 2.75) is 458 Å². The first kappa shape index (κ1) is 100. The summed E-state index contributed by atoms with van der Waals surface area (Å²) in [4.78, 5) is 73.1. The van der Waals surface area contributed by atoms with Gasteiger partial charge < -0.3 is 33.8 Å². The molecule has 606 valence electrons. The van der Waals surface area contributed by atoms with Crippen LogP contribution in [0.2, 0.25) is 0 Å². The van der Waals surface area contributed by atoms with Crippen molar-refractivity contribution < 1.29 is 80.2 Å². The highest BCUT2D eigenvalue weighted by Crippen LogP contribution is 2.45. The molecule has 17 nitrogen and oxygen atoms in total. The molecule has 102 heavy (non-hydrogen) atoms. The molecule has 5 atom stereocenters. The number of hydrogen-bond acceptors (Lipinski definition) is 15. The van der Waals surface area contributed by atoms with Crippen molar-refractivity contribution in [1.29, 1.82) is 0 Å². The zero-order valence-corrected chi connectivity index (χ0v) is 68.7. The lowest BCUT2D eigenvalue weighted by molar-refractivity contribution is -0.161. The molecule has 0 aromatic carbocycles. The third kappa shape index (κ3) is 76.3. The lowest BCUT2D eigenvalue weighted by Crippen LogP contribution is -2.30. The van der Waals surface area contributed by atoms with Crippen molar-refractivity contribution in [3.8, 4) is 0 Å². The Morgan fingerprint density at radius 2 is 0.451 bits per heavy atom. The lowest BCUT2D eigenvalue weighted by atomic mass is 10.0. The van der Waals surface area contributed by atoms with Gasteiger partial charge in [0.2, 0.25) is 0 Å². The first-order valence-electron chi connectivity index (χ1n) is 43.0. The minimum atomic E-state index is -4.96. The Bertz CT molecular complexity index is 1960. The fourth-order valence-corrected chi connectivity index (χ4v) is 14.5. The van der Waals surface area contributed by atoms with E-state index in [2.05, 4.69) is 41.5 Å². The largest absolute Gasteiger partial charge is 0.472 e. The third-order valence-corrected chi connectivity index (χ3v) is 21.4. The van der Waals surface area contributed by atoms with Crippen molar-refractivity contribution >= 4 is 39.5 Å². The molecule has 0 rings (SSSR count). The molecule has 0 aliphatic carbocycles. The maximum atomic E-state index is 13.1. The Morgan fingerprint density at radius 3 is 0.667 bits per heavy atom. The summed E-state index contributed by atoms with van der Waals surface area (Å²) in [6, 6.07) is 0. The van der Waals surface area contributed by atoms with Crippen molar-refractivity contribution in [3.05, 3.63) is 0 Å². The van der Waals surface area contributed by atoms with Crippen LogP contribution in [0, 0.1) is 11.8 Å². The summed E-state index contributed by atoms with van der Waals surface area (Å²) in [6.45, 7) is 9.60. The Kier molecular flexibility index (Phi) is 73.1. The molecule has 0 aromatic rings. The summed E-state index contributed by atoms with van der Waals surface area (Å²) < 4.78 is 68.8. The number of carbonyl (C=O) groups is 4. The molecular formula is C83H162O17P2. The monoisotopic (exact) mass is 1490 g/mol. The van der Waals surface area contributed by atoms with Gasteiger partial charge in [0.05, 0.1) is 26.4 Å². The SMILES string of the molecule is CCCCCCCCCCCCCCCCCCCCCCC(=O)O[C@H](COC(=O)CCCCCCCCCCCCCCCCCCC)COP(=O)(O)OC[C@@H](O)COP(=O)(O)OC[C@@H](COC(=O)CCCCCCCCCC(C)C)OC(=O)CCCCCCCCCCCCCCC(C)C. The molecular weight excluding hydrogens is 1330 g/mol. The zero-order valence-electron chi connectivity index (χ0n) is 66.9. The predicted molar refractivity (Wildman–Crippen MR) is 418 cm³/mol. The number of hydrogen-bond donors (Lipinski definition) is 3. The van der Waals surface area contributed by atoms with Gasteiger partial charge in [-0.25, -0.2) is 9.13 Å². The topological polar surface area (TPSA) is 237 Å². The smallest absolute Gasteiger partial charge is 0.462 e. The maximum Gasteiger partial charge on any atom is 0.472 e. The van der Waals surface area contributed by atoms with Gasteiger partial charge in [0.15, 0.2) is 12.2 Å². The molecule has 0 aliphatic heterocycles. The van der Waals surface area contributed by atoms with Gasteiger partial charge in [0.25, 0.3) is 0 Å². The third-order valence-electron chi connectivity index (χ3n) is 19.5. The average molecular weight is 1490 g/mol. The van der Waals surface area contributed by atoms with E-state index in [4.69, 9.17) is 37.0 Å². The predicted octanol–water partition coefficient (Wildman–Crippen LogP) is 25.1. The van der Waals surface area contributed by atoms with E-state index >= 15 is 0 Å². The van der Waals surface area contributed by atoms with Crippen LogP contribution < -0.4 is 0 Å². The van der Waals surface area contributed by atoms with E-state index in [-0.39, 0.29) is 25.7 Å². The molecule has 0 spiro atoms. The van der Waals surface area contributed by atoms with Gasteiger partial charge in [0, 0.05) is 25.7 Å². The van der Waals surface area contributed by atoms with E-state index in [0.717, 1.165) is 102 Å². The molecule has 0 amide bonds. The lowest BCUT2D eigenvalue weighted by Gasteiger charge is -2.21. The summed E-state index contributed by atoms with van der Waals surface area (Å²) >= 11 is 0. The van der Waals surface area contributed by atoms with Gasteiger partial charge in [-0.2, -0.15) is 0 Å². The number of ether oxygens (including phenoxy) is 4. The molecule has 0 bridgehead atoms. The van der Waals surface area contributed by atoms with Gasteiger partial charge >= 0.3 is 39.5 Å². The van der Waals surface area contributed by atoms with E-state index in [1.165, 1.54) is 250 Å². The summed E-state index contributed by atoms with van der Waals surface area (Å²) in [6.07, 6.45) is 65.4.